The van der Waals surface area contributed by atoms with E-state index in [0.29, 0.717) is 12.6 Å². The van der Waals surface area contributed by atoms with E-state index in [9.17, 15) is 4.79 Å². The minimum Gasteiger partial charge on any atom is -0.378 e. The maximum absolute atomic E-state index is 12.2. The molecule has 2 N–H and O–H groups in total. The van der Waals surface area contributed by atoms with Crippen molar-refractivity contribution in [3.63, 3.8) is 0 Å². The Morgan fingerprint density at radius 1 is 1.35 bits per heavy atom. The Morgan fingerprint density at radius 3 is 2.91 bits per heavy atom. The largest absolute Gasteiger partial charge is 0.378 e. The van der Waals surface area contributed by atoms with Crippen LogP contribution < -0.4 is 10.6 Å². The molecule has 4 nitrogen and oxygen atoms in total. The van der Waals surface area contributed by atoms with Gasteiger partial charge < -0.3 is 15.4 Å². The topological polar surface area (TPSA) is 50.4 Å². The van der Waals surface area contributed by atoms with Crippen LogP contribution in [-0.2, 0) is 11.3 Å². The Labute approximate surface area is 142 Å². The van der Waals surface area contributed by atoms with E-state index >= 15 is 0 Å². The summed E-state index contributed by atoms with van der Waals surface area (Å²) < 4.78 is 5.81. The number of rotatable bonds is 5. The number of hydrogen-bond acceptors (Lipinski definition) is 3. The van der Waals surface area contributed by atoms with Gasteiger partial charge in [-0.15, -0.1) is 11.8 Å². The van der Waals surface area contributed by atoms with Crippen LogP contribution in [-0.4, -0.2) is 31.0 Å². The first-order chi connectivity index (χ1) is 11.2. The molecule has 2 atom stereocenters. The standard InChI is InChI=1S/C18H26N2O2S/c1-12-3-4-14(17(9-12)23-2)11-19-18(21)20-15-7-8-22-16(10-15)13-5-6-13/h3-4,9,13,15-16H,5-8,10-11H2,1-2H3,(H2,19,20,21)/t15-,16-/m0/s1. The third-order valence-electron chi connectivity index (χ3n) is 4.68. The molecule has 1 aromatic rings. The van der Waals surface area contributed by atoms with Crippen molar-refractivity contribution in [1.29, 1.82) is 0 Å². The normalized spacial score (nSPS) is 24.3. The number of hydrogen-bond donors (Lipinski definition) is 2. The lowest BCUT2D eigenvalue weighted by atomic mass is 10.0. The van der Waals surface area contributed by atoms with Gasteiger partial charge in [-0.3, -0.25) is 0 Å². The Hall–Kier alpha value is -1.20. The predicted octanol–water partition coefficient (Wildman–Crippen LogP) is 3.47. The smallest absolute Gasteiger partial charge is 0.315 e. The molecule has 3 rings (SSSR count). The Bertz CT molecular complexity index is 560. The van der Waals surface area contributed by atoms with Crippen LogP contribution in [0.3, 0.4) is 0 Å². The van der Waals surface area contributed by atoms with Gasteiger partial charge in [0.15, 0.2) is 0 Å². The average molecular weight is 334 g/mol. The second kappa shape index (κ2) is 7.58. The third-order valence-corrected chi connectivity index (χ3v) is 5.50. The number of ether oxygens (including phenoxy) is 1. The van der Waals surface area contributed by atoms with E-state index in [2.05, 4.69) is 42.0 Å². The molecule has 2 amide bonds. The average Bonchev–Trinajstić information content (AvgIpc) is 3.38. The summed E-state index contributed by atoms with van der Waals surface area (Å²) in [4.78, 5) is 13.4. The van der Waals surface area contributed by atoms with E-state index in [4.69, 9.17) is 4.74 Å². The van der Waals surface area contributed by atoms with Gasteiger partial charge in [0, 0.05) is 24.1 Å². The van der Waals surface area contributed by atoms with Gasteiger partial charge in [0.1, 0.15) is 0 Å². The van der Waals surface area contributed by atoms with Gasteiger partial charge in [0.25, 0.3) is 0 Å². The van der Waals surface area contributed by atoms with Crippen LogP contribution >= 0.6 is 11.8 Å². The van der Waals surface area contributed by atoms with Gasteiger partial charge >= 0.3 is 6.03 Å². The molecule has 23 heavy (non-hydrogen) atoms. The minimum atomic E-state index is -0.0703. The molecule has 0 radical (unpaired) electrons. The molecule has 0 unspecified atom stereocenters. The fourth-order valence-corrected chi connectivity index (χ4v) is 3.87. The van der Waals surface area contributed by atoms with Gasteiger partial charge in [-0.1, -0.05) is 12.1 Å². The minimum absolute atomic E-state index is 0.0703. The SMILES string of the molecule is CSc1cc(C)ccc1CNC(=O)N[C@H]1CCO[C@H](C2CC2)C1. The van der Waals surface area contributed by atoms with E-state index in [-0.39, 0.29) is 12.1 Å². The quantitative estimate of drug-likeness (QED) is 0.811. The van der Waals surface area contributed by atoms with E-state index < -0.39 is 0 Å². The molecule has 1 saturated carbocycles. The molecule has 0 spiro atoms. The van der Waals surface area contributed by atoms with Gasteiger partial charge in [-0.05, 0) is 62.0 Å². The molecule has 1 aliphatic carbocycles. The fraction of sp³-hybridized carbons (Fsp3) is 0.611. The Balaban J connectivity index is 1.47. The first-order valence-electron chi connectivity index (χ1n) is 8.45. The van der Waals surface area contributed by atoms with Crippen LogP contribution in [0.4, 0.5) is 4.79 Å². The van der Waals surface area contributed by atoms with Gasteiger partial charge in [-0.25, -0.2) is 4.79 Å². The summed E-state index contributed by atoms with van der Waals surface area (Å²) in [6.45, 7) is 3.42. The highest BCUT2D eigenvalue weighted by atomic mass is 32.2. The summed E-state index contributed by atoms with van der Waals surface area (Å²) in [6, 6.07) is 6.52. The van der Waals surface area contributed by atoms with Crippen molar-refractivity contribution in [3.05, 3.63) is 29.3 Å². The monoisotopic (exact) mass is 334 g/mol. The lowest BCUT2D eigenvalue weighted by molar-refractivity contribution is -0.00914. The first-order valence-corrected chi connectivity index (χ1v) is 9.67. The number of amides is 2. The zero-order chi connectivity index (χ0) is 16.2. The zero-order valence-corrected chi connectivity index (χ0v) is 14.7. The molecule has 0 bridgehead atoms. The van der Waals surface area contributed by atoms with E-state index in [0.717, 1.165) is 25.4 Å². The molecule has 1 saturated heterocycles. The summed E-state index contributed by atoms with van der Waals surface area (Å²) in [7, 11) is 0. The highest BCUT2D eigenvalue weighted by Gasteiger charge is 2.36. The molecule has 1 aliphatic heterocycles. The van der Waals surface area contributed by atoms with Crippen LogP contribution in [0, 0.1) is 12.8 Å². The molecule has 2 fully saturated rings. The number of thioether (sulfide) groups is 1. The summed E-state index contributed by atoms with van der Waals surface area (Å²) in [5, 5.41) is 6.11. The first kappa shape index (κ1) is 16.7. The van der Waals surface area contributed by atoms with Gasteiger partial charge in [-0.2, -0.15) is 0 Å². The van der Waals surface area contributed by atoms with Crippen molar-refractivity contribution in [2.75, 3.05) is 12.9 Å². The van der Waals surface area contributed by atoms with Crippen LogP contribution in [0.2, 0.25) is 0 Å². The Morgan fingerprint density at radius 2 is 2.17 bits per heavy atom. The van der Waals surface area contributed by atoms with Crippen LogP contribution in [0.5, 0.6) is 0 Å². The fourth-order valence-electron chi connectivity index (χ4n) is 3.17. The van der Waals surface area contributed by atoms with Crippen LogP contribution in [0.15, 0.2) is 23.1 Å². The number of nitrogens with one attached hydrogen (secondary N) is 2. The highest BCUT2D eigenvalue weighted by Crippen LogP contribution is 2.38. The van der Waals surface area contributed by atoms with Crippen LogP contribution in [0.1, 0.15) is 36.8 Å². The molecule has 1 aromatic carbocycles. The summed E-state index contributed by atoms with van der Waals surface area (Å²) in [5.74, 6) is 0.736. The predicted molar refractivity (Wildman–Crippen MR) is 93.8 cm³/mol. The molecule has 5 heteroatoms. The van der Waals surface area contributed by atoms with Crippen molar-refractivity contribution in [2.45, 2.75) is 56.2 Å². The molecule has 0 aromatic heterocycles. The molecule has 126 valence electrons. The maximum atomic E-state index is 12.2. The molecular weight excluding hydrogens is 308 g/mol. The lowest BCUT2D eigenvalue weighted by Crippen LogP contribution is -2.46. The van der Waals surface area contributed by atoms with Gasteiger partial charge in [0.05, 0.1) is 6.10 Å². The summed E-state index contributed by atoms with van der Waals surface area (Å²) in [5.41, 5.74) is 2.41. The van der Waals surface area contributed by atoms with Crippen molar-refractivity contribution in [3.8, 4) is 0 Å². The molecule has 2 aliphatic rings. The molecular formula is C18H26N2O2S. The van der Waals surface area contributed by atoms with E-state index in [1.807, 2.05) is 0 Å². The maximum Gasteiger partial charge on any atom is 0.315 e. The highest BCUT2D eigenvalue weighted by molar-refractivity contribution is 7.98. The Kier molecular flexibility index (Phi) is 5.49. The van der Waals surface area contributed by atoms with Crippen molar-refractivity contribution in [2.24, 2.45) is 5.92 Å². The second-order valence-electron chi connectivity index (χ2n) is 6.61. The van der Waals surface area contributed by atoms with Crippen molar-refractivity contribution < 1.29 is 9.53 Å². The second-order valence-corrected chi connectivity index (χ2v) is 7.46. The van der Waals surface area contributed by atoms with Crippen LogP contribution in [0.25, 0.3) is 0 Å². The number of aryl methyl sites for hydroxylation is 1. The number of benzene rings is 1. The number of carbonyl (C=O) groups is 1. The van der Waals surface area contributed by atoms with Crippen molar-refractivity contribution in [1.82, 2.24) is 10.6 Å². The zero-order valence-electron chi connectivity index (χ0n) is 13.9. The molecule has 1 heterocycles. The number of carbonyl (C=O) groups excluding carboxylic acids is 1. The van der Waals surface area contributed by atoms with Crippen molar-refractivity contribution >= 4 is 17.8 Å². The third kappa shape index (κ3) is 4.64. The summed E-state index contributed by atoms with van der Waals surface area (Å²) >= 11 is 1.72. The summed E-state index contributed by atoms with van der Waals surface area (Å²) in [6.07, 6.45) is 6.87. The van der Waals surface area contributed by atoms with E-state index in [1.54, 1.807) is 11.8 Å². The van der Waals surface area contributed by atoms with Gasteiger partial charge in [0.2, 0.25) is 0 Å². The lowest BCUT2D eigenvalue weighted by Gasteiger charge is -2.30. The van der Waals surface area contributed by atoms with E-state index in [1.165, 1.54) is 28.9 Å². The number of urea groups is 1.